The van der Waals surface area contributed by atoms with Crippen molar-refractivity contribution in [3.8, 4) is 0 Å². The molecule has 1 amide bonds. The van der Waals surface area contributed by atoms with E-state index in [2.05, 4.69) is 5.32 Å². The molecule has 1 aromatic rings. The second kappa shape index (κ2) is 5.27. The molecule has 18 heavy (non-hydrogen) atoms. The van der Waals surface area contributed by atoms with E-state index in [9.17, 15) is 9.90 Å². The lowest BCUT2D eigenvalue weighted by Gasteiger charge is -2.37. The molecule has 0 saturated carbocycles. The van der Waals surface area contributed by atoms with E-state index in [1.54, 1.807) is 0 Å². The number of nitrogens with zero attached hydrogens (tertiary/aromatic N) is 1. The average Bonchev–Trinajstić information content (AvgIpc) is 2.38. The summed E-state index contributed by atoms with van der Waals surface area (Å²) in [6.07, 6.45) is 0.0335. The van der Waals surface area contributed by atoms with Crippen LogP contribution in [0.4, 0.5) is 10.5 Å². The first-order chi connectivity index (χ1) is 8.59. The predicted octanol–water partition coefficient (Wildman–Crippen LogP) is 1.60. The van der Waals surface area contributed by atoms with Gasteiger partial charge in [0.05, 0.1) is 5.60 Å². The predicted molar refractivity (Wildman–Crippen MR) is 68.7 cm³/mol. The van der Waals surface area contributed by atoms with Crippen LogP contribution in [0.1, 0.15) is 12.8 Å². The number of hydrogen-bond acceptors (Lipinski definition) is 3. The van der Waals surface area contributed by atoms with Gasteiger partial charge in [0.25, 0.3) is 0 Å². The number of carbonyl (C=O) groups is 1. The van der Waals surface area contributed by atoms with Crippen molar-refractivity contribution in [3.63, 3.8) is 0 Å². The molecule has 0 radical (unpaired) electrons. The summed E-state index contributed by atoms with van der Waals surface area (Å²) in [6.45, 7) is 1.23. The van der Waals surface area contributed by atoms with Gasteiger partial charge in [0.15, 0.2) is 0 Å². The minimum atomic E-state index is -0.909. The Hall–Kier alpha value is -1.75. The molecule has 1 aliphatic heterocycles. The van der Waals surface area contributed by atoms with E-state index in [1.165, 1.54) is 4.90 Å². The molecule has 1 aliphatic rings. The van der Waals surface area contributed by atoms with Crippen molar-refractivity contribution in [1.29, 1.82) is 0 Å². The Kier molecular flexibility index (Phi) is 3.72. The van der Waals surface area contributed by atoms with E-state index < -0.39 is 11.7 Å². The smallest absolute Gasteiger partial charge is 0.407 e. The first-order valence-corrected chi connectivity index (χ1v) is 6.08. The van der Waals surface area contributed by atoms with Crippen LogP contribution < -0.4 is 5.32 Å². The van der Waals surface area contributed by atoms with Gasteiger partial charge < -0.3 is 20.4 Å². The molecule has 5 heteroatoms. The van der Waals surface area contributed by atoms with Crippen molar-refractivity contribution in [2.24, 2.45) is 0 Å². The summed E-state index contributed by atoms with van der Waals surface area (Å²) in [5.41, 5.74) is 0.147. The van der Waals surface area contributed by atoms with Crippen LogP contribution in [-0.2, 0) is 0 Å². The van der Waals surface area contributed by atoms with Gasteiger partial charge in [0.1, 0.15) is 0 Å². The van der Waals surface area contributed by atoms with Gasteiger partial charge >= 0.3 is 6.09 Å². The fraction of sp³-hybridized carbons (Fsp3) is 0.462. The van der Waals surface area contributed by atoms with Crippen LogP contribution in [0.3, 0.4) is 0 Å². The second-order valence-corrected chi connectivity index (χ2v) is 4.71. The number of hydrogen-bond donors (Lipinski definition) is 3. The zero-order valence-electron chi connectivity index (χ0n) is 10.2. The molecule has 0 atom stereocenters. The molecular weight excluding hydrogens is 232 g/mol. The number of anilines is 1. The topological polar surface area (TPSA) is 72.8 Å². The number of likely N-dealkylation sites (tertiary alicyclic amines) is 1. The van der Waals surface area contributed by atoms with E-state index in [1.807, 2.05) is 30.3 Å². The minimum Gasteiger partial charge on any atom is -0.465 e. The first kappa shape index (κ1) is 12.7. The molecule has 0 spiro atoms. The van der Waals surface area contributed by atoms with E-state index in [0.29, 0.717) is 32.5 Å². The highest BCUT2D eigenvalue weighted by Gasteiger charge is 2.33. The lowest BCUT2D eigenvalue weighted by Crippen LogP contribution is -2.49. The van der Waals surface area contributed by atoms with E-state index in [-0.39, 0.29) is 0 Å². The summed E-state index contributed by atoms with van der Waals surface area (Å²) in [4.78, 5) is 12.1. The van der Waals surface area contributed by atoms with Crippen LogP contribution >= 0.6 is 0 Å². The molecule has 2 rings (SSSR count). The van der Waals surface area contributed by atoms with E-state index in [4.69, 9.17) is 5.11 Å². The van der Waals surface area contributed by atoms with Gasteiger partial charge in [-0.1, -0.05) is 18.2 Å². The van der Waals surface area contributed by atoms with Gasteiger partial charge in [-0.25, -0.2) is 4.79 Å². The number of rotatable bonds is 3. The molecule has 3 N–H and O–H groups in total. The zero-order valence-corrected chi connectivity index (χ0v) is 10.2. The Morgan fingerprint density at radius 1 is 1.28 bits per heavy atom. The monoisotopic (exact) mass is 250 g/mol. The highest BCUT2D eigenvalue weighted by molar-refractivity contribution is 5.65. The molecule has 0 aliphatic carbocycles. The number of amides is 1. The highest BCUT2D eigenvalue weighted by atomic mass is 16.4. The maximum absolute atomic E-state index is 10.8. The summed E-state index contributed by atoms with van der Waals surface area (Å²) >= 11 is 0. The second-order valence-electron chi connectivity index (χ2n) is 4.71. The van der Waals surface area contributed by atoms with E-state index >= 15 is 0 Å². The van der Waals surface area contributed by atoms with Crippen LogP contribution in [0, 0.1) is 0 Å². The lowest BCUT2D eigenvalue weighted by atomic mass is 9.91. The Morgan fingerprint density at radius 3 is 2.44 bits per heavy atom. The molecule has 0 unspecified atom stereocenters. The normalized spacial score (nSPS) is 18.4. The summed E-state index contributed by atoms with van der Waals surface area (Å²) in [7, 11) is 0. The van der Waals surface area contributed by atoms with Crippen LogP contribution in [0.15, 0.2) is 30.3 Å². The van der Waals surface area contributed by atoms with Crippen molar-refractivity contribution >= 4 is 11.8 Å². The molecule has 0 aromatic heterocycles. The number of nitrogens with one attached hydrogen (secondary N) is 1. The highest BCUT2D eigenvalue weighted by Crippen LogP contribution is 2.22. The van der Waals surface area contributed by atoms with Crippen molar-refractivity contribution < 1.29 is 15.0 Å². The molecule has 1 heterocycles. The van der Waals surface area contributed by atoms with Crippen LogP contribution in [0.25, 0.3) is 0 Å². The minimum absolute atomic E-state index is 0.391. The molecule has 1 saturated heterocycles. The molecule has 1 fully saturated rings. The van der Waals surface area contributed by atoms with Crippen LogP contribution in [0.5, 0.6) is 0 Å². The fourth-order valence-corrected chi connectivity index (χ4v) is 2.11. The third-order valence-corrected chi connectivity index (χ3v) is 3.36. The Labute approximate surface area is 106 Å². The number of benzene rings is 1. The molecule has 98 valence electrons. The summed E-state index contributed by atoms with van der Waals surface area (Å²) in [5, 5.41) is 22.4. The van der Waals surface area contributed by atoms with Crippen molar-refractivity contribution in [3.05, 3.63) is 30.3 Å². The zero-order chi connectivity index (χ0) is 13.0. The molecule has 0 bridgehead atoms. The van der Waals surface area contributed by atoms with E-state index in [0.717, 1.165) is 5.69 Å². The quantitative estimate of drug-likeness (QED) is 0.762. The largest absolute Gasteiger partial charge is 0.465 e. The SMILES string of the molecule is O=C(O)N1CCC(O)(CNc2ccccc2)CC1. The summed E-state index contributed by atoms with van der Waals surface area (Å²) in [5.74, 6) is 0. The molecular formula is C13H18N2O3. The van der Waals surface area contributed by atoms with Gasteiger partial charge in [-0.2, -0.15) is 0 Å². The third-order valence-electron chi connectivity index (χ3n) is 3.36. The third kappa shape index (κ3) is 3.13. The lowest BCUT2D eigenvalue weighted by molar-refractivity contribution is -0.00587. The molecule has 1 aromatic carbocycles. The maximum atomic E-state index is 10.8. The fourth-order valence-electron chi connectivity index (χ4n) is 2.11. The number of para-hydroxylation sites is 1. The van der Waals surface area contributed by atoms with Gasteiger partial charge in [-0.3, -0.25) is 0 Å². The summed E-state index contributed by atoms with van der Waals surface area (Å²) in [6, 6.07) is 9.68. The number of aliphatic hydroxyl groups is 1. The van der Waals surface area contributed by atoms with Gasteiger partial charge in [0, 0.05) is 25.3 Å². The Balaban J connectivity index is 1.85. The molecule has 5 nitrogen and oxygen atoms in total. The first-order valence-electron chi connectivity index (χ1n) is 6.08. The summed E-state index contributed by atoms with van der Waals surface area (Å²) < 4.78 is 0. The average molecular weight is 250 g/mol. The van der Waals surface area contributed by atoms with Gasteiger partial charge in [-0.15, -0.1) is 0 Å². The number of piperidine rings is 1. The van der Waals surface area contributed by atoms with Crippen molar-refractivity contribution in [1.82, 2.24) is 4.90 Å². The van der Waals surface area contributed by atoms with Gasteiger partial charge in [0.2, 0.25) is 0 Å². The maximum Gasteiger partial charge on any atom is 0.407 e. The standard InChI is InChI=1S/C13H18N2O3/c16-12(17)15-8-6-13(18,7-9-15)10-14-11-4-2-1-3-5-11/h1-5,14,18H,6-10H2,(H,16,17). The Morgan fingerprint density at radius 2 is 1.89 bits per heavy atom. The van der Waals surface area contributed by atoms with Gasteiger partial charge in [-0.05, 0) is 25.0 Å². The van der Waals surface area contributed by atoms with Crippen LogP contribution in [0.2, 0.25) is 0 Å². The van der Waals surface area contributed by atoms with Crippen LogP contribution in [-0.4, -0.2) is 46.4 Å². The van der Waals surface area contributed by atoms with Crippen molar-refractivity contribution in [2.75, 3.05) is 25.0 Å². The number of carboxylic acid groups (broad SMARTS) is 1. The van der Waals surface area contributed by atoms with Crippen molar-refractivity contribution in [2.45, 2.75) is 18.4 Å². The Bertz CT molecular complexity index is 400.